The lowest BCUT2D eigenvalue weighted by atomic mass is 10.1. The molecule has 1 amide bonds. The van der Waals surface area contributed by atoms with Crippen LogP contribution in [0, 0.1) is 13.8 Å². The molecule has 0 heterocycles. The number of anilines is 1. The average molecular weight is 355 g/mol. The maximum Gasteiger partial charge on any atom is 0.471 e. The molecule has 2 aromatic carbocycles. The number of halogens is 3. The third-order valence-electron chi connectivity index (χ3n) is 3.37. The molecule has 0 saturated heterocycles. The lowest BCUT2D eigenvalue weighted by Crippen LogP contribution is -2.30. The number of carbonyl (C=O) groups is 1. The zero-order valence-corrected chi connectivity index (χ0v) is 14.1. The number of rotatable bonds is 4. The summed E-state index contributed by atoms with van der Waals surface area (Å²) in [4.78, 5) is 12.6. The molecule has 2 aromatic rings. The van der Waals surface area contributed by atoms with E-state index in [0.717, 1.165) is 16.0 Å². The number of hydrogen-bond donors (Lipinski definition) is 1. The summed E-state index contributed by atoms with van der Waals surface area (Å²) in [5, 5.41) is 1.95. The molecule has 0 spiro atoms. The van der Waals surface area contributed by atoms with Crippen LogP contribution in [-0.2, 0) is 4.79 Å². The summed E-state index contributed by atoms with van der Waals surface area (Å²) in [6.07, 6.45) is -4.93. The molecule has 128 valence electrons. The van der Waals surface area contributed by atoms with Crippen LogP contribution in [0.3, 0.4) is 0 Å². The van der Waals surface area contributed by atoms with E-state index in [1.165, 1.54) is 18.9 Å². The topological polar surface area (TPSA) is 38.3 Å². The van der Waals surface area contributed by atoms with Gasteiger partial charge in [0.2, 0.25) is 0 Å². The number of aryl methyl sites for hydroxylation is 2. The molecule has 0 aliphatic carbocycles. The Balaban J connectivity index is 2.37. The smallest absolute Gasteiger partial charge is 0.471 e. The van der Waals surface area contributed by atoms with Crippen molar-refractivity contribution < 1.29 is 22.7 Å². The van der Waals surface area contributed by atoms with Crippen molar-refractivity contribution in [3.8, 4) is 5.75 Å². The highest BCUT2D eigenvalue weighted by Gasteiger charge is 2.39. The molecule has 0 aromatic heterocycles. The summed E-state index contributed by atoms with van der Waals surface area (Å²) in [5.41, 5.74) is 1.85. The van der Waals surface area contributed by atoms with E-state index in [2.05, 4.69) is 0 Å². The van der Waals surface area contributed by atoms with E-state index >= 15 is 0 Å². The van der Waals surface area contributed by atoms with Crippen LogP contribution in [0.1, 0.15) is 11.1 Å². The van der Waals surface area contributed by atoms with Gasteiger partial charge < -0.3 is 10.1 Å². The van der Waals surface area contributed by atoms with Gasteiger partial charge in [0, 0.05) is 9.79 Å². The van der Waals surface area contributed by atoms with Gasteiger partial charge in [0.05, 0.1) is 12.8 Å². The van der Waals surface area contributed by atoms with Gasteiger partial charge in [0.25, 0.3) is 0 Å². The average Bonchev–Trinajstić information content (AvgIpc) is 2.51. The van der Waals surface area contributed by atoms with Gasteiger partial charge in [0.1, 0.15) is 5.75 Å². The van der Waals surface area contributed by atoms with Crippen LogP contribution in [0.5, 0.6) is 5.75 Å². The molecule has 0 fully saturated rings. The molecule has 0 aliphatic heterocycles. The van der Waals surface area contributed by atoms with E-state index in [-0.39, 0.29) is 5.69 Å². The highest BCUT2D eigenvalue weighted by molar-refractivity contribution is 7.99. The van der Waals surface area contributed by atoms with Crippen LogP contribution < -0.4 is 10.1 Å². The highest BCUT2D eigenvalue weighted by Crippen LogP contribution is 2.37. The molecule has 0 unspecified atom stereocenters. The first-order chi connectivity index (χ1) is 11.2. The van der Waals surface area contributed by atoms with E-state index in [4.69, 9.17) is 4.74 Å². The van der Waals surface area contributed by atoms with Crippen molar-refractivity contribution in [2.24, 2.45) is 0 Å². The molecule has 0 saturated carbocycles. The molecule has 7 heteroatoms. The number of methoxy groups -OCH3 is 1. The van der Waals surface area contributed by atoms with Crippen LogP contribution >= 0.6 is 11.8 Å². The van der Waals surface area contributed by atoms with Gasteiger partial charge in [-0.2, -0.15) is 13.2 Å². The Labute approximate surface area is 142 Å². The van der Waals surface area contributed by atoms with E-state index in [0.29, 0.717) is 10.6 Å². The minimum absolute atomic E-state index is 0.133. The standard InChI is InChI=1S/C17H16F3NO2S/c1-10-7-14(21-16(22)17(18,19)20)15(8-11(10)2)24-13-6-4-5-12(9-13)23-3/h4-9H,1-3H3,(H,21,22). The molecule has 3 nitrogen and oxygen atoms in total. The molecule has 0 bridgehead atoms. The normalized spacial score (nSPS) is 11.2. The van der Waals surface area contributed by atoms with Crippen LogP contribution in [-0.4, -0.2) is 19.2 Å². The van der Waals surface area contributed by atoms with Crippen LogP contribution in [0.25, 0.3) is 0 Å². The summed E-state index contributed by atoms with van der Waals surface area (Å²) >= 11 is 1.26. The molecular weight excluding hydrogens is 339 g/mol. The second kappa shape index (κ2) is 7.17. The highest BCUT2D eigenvalue weighted by atomic mass is 32.2. The fraction of sp³-hybridized carbons (Fsp3) is 0.235. The fourth-order valence-electron chi connectivity index (χ4n) is 1.96. The van der Waals surface area contributed by atoms with Gasteiger partial charge in [-0.3, -0.25) is 4.79 Å². The summed E-state index contributed by atoms with van der Waals surface area (Å²) in [6, 6.07) is 10.5. The molecular formula is C17H16F3NO2S. The molecule has 0 aliphatic rings. The molecule has 0 radical (unpaired) electrons. The first-order valence-corrected chi connectivity index (χ1v) is 7.83. The maximum atomic E-state index is 12.5. The van der Waals surface area contributed by atoms with Gasteiger partial charge in [-0.05, 0) is 55.3 Å². The van der Waals surface area contributed by atoms with Gasteiger partial charge in [-0.1, -0.05) is 17.8 Å². The Bertz CT molecular complexity index is 760. The van der Waals surface area contributed by atoms with Gasteiger partial charge in [-0.15, -0.1) is 0 Å². The fourth-order valence-corrected chi connectivity index (χ4v) is 2.99. The van der Waals surface area contributed by atoms with Crippen molar-refractivity contribution in [1.29, 1.82) is 0 Å². The Morgan fingerprint density at radius 2 is 1.79 bits per heavy atom. The third kappa shape index (κ3) is 4.44. The molecule has 24 heavy (non-hydrogen) atoms. The van der Waals surface area contributed by atoms with E-state index < -0.39 is 12.1 Å². The number of amides is 1. The van der Waals surface area contributed by atoms with Crippen molar-refractivity contribution in [3.63, 3.8) is 0 Å². The van der Waals surface area contributed by atoms with Crippen molar-refractivity contribution in [2.45, 2.75) is 29.8 Å². The zero-order valence-electron chi connectivity index (χ0n) is 13.3. The quantitative estimate of drug-likeness (QED) is 0.842. The van der Waals surface area contributed by atoms with E-state index in [9.17, 15) is 18.0 Å². The Kier molecular flexibility index (Phi) is 5.43. The second-order valence-electron chi connectivity index (χ2n) is 5.17. The summed E-state index contributed by atoms with van der Waals surface area (Å²) in [6.45, 7) is 3.64. The lowest BCUT2D eigenvalue weighted by Gasteiger charge is -2.15. The number of alkyl halides is 3. The van der Waals surface area contributed by atoms with Gasteiger partial charge in [-0.25, -0.2) is 0 Å². The third-order valence-corrected chi connectivity index (χ3v) is 4.42. The monoisotopic (exact) mass is 355 g/mol. The molecule has 2 rings (SSSR count). The summed E-state index contributed by atoms with van der Waals surface area (Å²) < 4.78 is 42.8. The van der Waals surface area contributed by atoms with E-state index in [1.54, 1.807) is 37.3 Å². The summed E-state index contributed by atoms with van der Waals surface area (Å²) in [5.74, 6) is -1.34. The largest absolute Gasteiger partial charge is 0.497 e. The number of ether oxygens (including phenoxy) is 1. The first kappa shape index (κ1) is 18.2. The van der Waals surface area contributed by atoms with Crippen molar-refractivity contribution in [1.82, 2.24) is 0 Å². The molecule has 0 atom stereocenters. The number of carbonyl (C=O) groups excluding carboxylic acids is 1. The second-order valence-corrected chi connectivity index (χ2v) is 6.28. The van der Waals surface area contributed by atoms with Gasteiger partial charge >= 0.3 is 12.1 Å². The number of nitrogens with one attached hydrogen (secondary N) is 1. The summed E-state index contributed by atoms with van der Waals surface area (Å²) in [7, 11) is 1.54. The Morgan fingerprint density at radius 1 is 1.12 bits per heavy atom. The van der Waals surface area contributed by atoms with Crippen molar-refractivity contribution in [2.75, 3.05) is 12.4 Å². The maximum absolute atomic E-state index is 12.5. The minimum Gasteiger partial charge on any atom is -0.497 e. The lowest BCUT2D eigenvalue weighted by molar-refractivity contribution is -0.167. The van der Waals surface area contributed by atoms with Crippen LogP contribution in [0.2, 0.25) is 0 Å². The number of benzene rings is 2. The Hall–Kier alpha value is -2.15. The predicted molar refractivity (Wildman–Crippen MR) is 87.7 cm³/mol. The number of hydrogen-bond acceptors (Lipinski definition) is 3. The van der Waals surface area contributed by atoms with Crippen LogP contribution in [0.15, 0.2) is 46.2 Å². The van der Waals surface area contributed by atoms with Crippen molar-refractivity contribution in [3.05, 3.63) is 47.5 Å². The Morgan fingerprint density at radius 3 is 2.42 bits per heavy atom. The van der Waals surface area contributed by atoms with E-state index in [1.807, 2.05) is 18.3 Å². The van der Waals surface area contributed by atoms with Crippen molar-refractivity contribution >= 4 is 23.4 Å². The minimum atomic E-state index is -4.93. The van der Waals surface area contributed by atoms with Gasteiger partial charge in [0.15, 0.2) is 0 Å². The zero-order chi connectivity index (χ0) is 17.9. The first-order valence-electron chi connectivity index (χ1n) is 7.02. The predicted octanol–water partition coefficient (Wildman–Crippen LogP) is 4.96. The molecule has 1 N–H and O–H groups in total. The van der Waals surface area contributed by atoms with Crippen LogP contribution in [0.4, 0.5) is 18.9 Å². The SMILES string of the molecule is COc1cccc(Sc2cc(C)c(C)cc2NC(=O)C(F)(F)F)c1.